The van der Waals surface area contributed by atoms with Crippen molar-refractivity contribution >= 4 is 51.6 Å². The van der Waals surface area contributed by atoms with Gasteiger partial charge in [-0.2, -0.15) is 0 Å². The number of methoxy groups -OCH3 is 1. The van der Waals surface area contributed by atoms with Crippen LogP contribution in [0.1, 0.15) is 80.6 Å². The standard InChI is InChI=1S/C27H36N2O4S2/c1-6-20(34-18-12-10-11-17(15-18)28-22(30)16-27(2,3)4)24(31)29-25-23(26(32)33-5)19-13-8-7-9-14-21(19)35-25/h10-12,15,20H,6-9,13-14,16H2,1-5H3,(H,28,30)(H,29,31). The van der Waals surface area contributed by atoms with Crippen LogP contribution in [-0.4, -0.2) is 30.1 Å². The summed E-state index contributed by atoms with van der Waals surface area (Å²) in [6, 6.07) is 7.57. The highest BCUT2D eigenvalue weighted by Gasteiger charge is 2.28. The van der Waals surface area contributed by atoms with Gasteiger partial charge < -0.3 is 15.4 Å². The van der Waals surface area contributed by atoms with Crippen LogP contribution in [0.3, 0.4) is 0 Å². The van der Waals surface area contributed by atoms with Crippen molar-refractivity contribution in [2.75, 3.05) is 17.7 Å². The molecule has 0 spiro atoms. The number of aryl methyl sites for hydroxylation is 1. The molecule has 1 aromatic carbocycles. The first-order valence-corrected chi connectivity index (χ1v) is 13.9. The van der Waals surface area contributed by atoms with Gasteiger partial charge in [0.25, 0.3) is 0 Å². The van der Waals surface area contributed by atoms with Gasteiger partial charge in [0, 0.05) is 21.9 Å². The topological polar surface area (TPSA) is 84.5 Å². The molecule has 8 heteroatoms. The third-order valence-corrected chi connectivity index (χ3v) is 8.36. The molecule has 1 aliphatic carbocycles. The fraction of sp³-hybridized carbons (Fsp3) is 0.519. The Morgan fingerprint density at radius 3 is 2.54 bits per heavy atom. The first-order chi connectivity index (χ1) is 16.6. The Morgan fingerprint density at radius 1 is 1.11 bits per heavy atom. The van der Waals surface area contributed by atoms with Crippen LogP contribution in [-0.2, 0) is 27.2 Å². The normalized spacial score (nSPS) is 14.4. The second kappa shape index (κ2) is 12.1. The van der Waals surface area contributed by atoms with Crippen LogP contribution >= 0.6 is 23.1 Å². The lowest BCUT2D eigenvalue weighted by atomic mass is 9.92. The molecule has 1 heterocycles. The van der Waals surface area contributed by atoms with E-state index in [-0.39, 0.29) is 28.4 Å². The van der Waals surface area contributed by atoms with Crippen LogP contribution < -0.4 is 10.6 Å². The Bertz CT molecular complexity index is 1070. The minimum Gasteiger partial charge on any atom is -0.465 e. The summed E-state index contributed by atoms with van der Waals surface area (Å²) in [5, 5.41) is 6.24. The number of esters is 1. The van der Waals surface area contributed by atoms with Crippen molar-refractivity contribution in [3.05, 3.63) is 40.3 Å². The average Bonchev–Trinajstić information content (AvgIpc) is 2.95. The zero-order valence-corrected chi connectivity index (χ0v) is 22.9. The highest BCUT2D eigenvalue weighted by molar-refractivity contribution is 8.00. The summed E-state index contributed by atoms with van der Waals surface area (Å²) in [6.07, 6.45) is 6.10. The van der Waals surface area contributed by atoms with Crippen molar-refractivity contribution in [1.29, 1.82) is 0 Å². The molecular formula is C27H36N2O4S2. The predicted octanol–water partition coefficient (Wildman–Crippen LogP) is 6.69. The Hall–Kier alpha value is -2.32. The molecule has 0 fully saturated rings. The number of rotatable bonds is 8. The van der Waals surface area contributed by atoms with Crippen molar-refractivity contribution in [2.45, 2.75) is 82.8 Å². The van der Waals surface area contributed by atoms with Crippen molar-refractivity contribution < 1.29 is 19.1 Å². The number of fused-ring (bicyclic) bond motifs is 1. The molecule has 3 rings (SSSR count). The van der Waals surface area contributed by atoms with Crippen molar-refractivity contribution in [3.63, 3.8) is 0 Å². The lowest BCUT2D eigenvalue weighted by molar-refractivity contribution is -0.118. The molecule has 1 aliphatic rings. The summed E-state index contributed by atoms with van der Waals surface area (Å²) in [5.41, 5.74) is 2.18. The highest BCUT2D eigenvalue weighted by atomic mass is 32.2. The van der Waals surface area contributed by atoms with E-state index in [9.17, 15) is 14.4 Å². The largest absolute Gasteiger partial charge is 0.465 e. The summed E-state index contributed by atoms with van der Waals surface area (Å²) in [7, 11) is 1.38. The molecule has 0 saturated carbocycles. The molecule has 1 aromatic heterocycles. The summed E-state index contributed by atoms with van der Waals surface area (Å²) in [6.45, 7) is 8.05. The smallest absolute Gasteiger partial charge is 0.341 e. The van der Waals surface area contributed by atoms with Gasteiger partial charge in [0.1, 0.15) is 5.00 Å². The van der Waals surface area contributed by atoms with Crippen LogP contribution in [0.4, 0.5) is 10.7 Å². The Balaban J connectivity index is 1.73. The fourth-order valence-corrected chi connectivity index (χ4v) is 6.46. The molecule has 2 N–H and O–H groups in total. The third-order valence-electron chi connectivity index (χ3n) is 5.80. The Morgan fingerprint density at radius 2 is 1.86 bits per heavy atom. The van der Waals surface area contributed by atoms with E-state index in [1.165, 1.54) is 35.1 Å². The number of carbonyl (C=O) groups excluding carboxylic acids is 3. The Labute approximate surface area is 216 Å². The minimum absolute atomic E-state index is 0.0303. The van der Waals surface area contributed by atoms with E-state index < -0.39 is 0 Å². The van der Waals surface area contributed by atoms with Crippen molar-refractivity contribution in [2.24, 2.45) is 5.41 Å². The fourth-order valence-electron chi connectivity index (χ4n) is 4.16. The van der Waals surface area contributed by atoms with Crippen LogP contribution in [0.25, 0.3) is 0 Å². The van der Waals surface area contributed by atoms with E-state index >= 15 is 0 Å². The SMILES string of the molecule is CCC(Sc1cccc(NC(=O)CC(C)(C)C)c1)C(=O)Nc1sc2c(c1C(=O)OC)CCCCC2. The second-order valence-corrected chi connectivity index (χ2v) is 12.5. The molecule has 0 saturated heterocycles. The maximum Gasteiger partial charge on any atom is 0.341 e. The molecule has 0 radical (unpaired) electrons. The van der Waals surface area contributed by atoms with Crippen LogP contribution in [0.2, 0.25) is 0 Å². The number of benzene rings is 1. The van der Waals surface area contributed by atoms with Gasteiger partial charge >= 0.3 is 5.97 Å². The van der Waals surface area contributed by atoms with Crippen molar-refractivity contribution in [1.82, 2.24) is 0 Å². The predicted molar refractivity (Wildman–Crippen MR) is 145 cm³/mol. The quantitative estimate of drug-likeness (QED) is 0.232. The molecule has 1 atom stereocenters. The van der Waals surface area contributed by atoms with Gasteiger partial charge in [-0.25, -0.2) is 4.79 Å². The number of nitrogens with one attached hydrogen (secondary N) is 2. The summed E-state index contributed by atoms with van der Waals surface area (Å²) < 4.78 is 5.06. The molecular weight excluding hydrogens is 480 g/mol. The molecule has 2 aromatic rings. The molecule has 35 heavy (non-hydrogen) atoms. The average molecular weight is 517 g/mol. The van der Waals surface area contributed by atoms with Crippen molar-refractivity contribution in [3.8, 4) is 0 Å². The highest BCUT2D eigenvalue weighted by Crippen LogP contribution is 2.39. The van der Waals surface area contributed by atoms with Gasteiger partial charge in [-0.15, -0.1) is 23.1 Å². The van der Waals surface area contributed by atoms with Gasteiger partial charge in [0.05, 0.1) is 17.9 Å². The number of carbonyl (C=O) groups is 3. The van der Waals surface area contributed by atoms with E-state index in [0.717, 1.165) is 48.3 Å². The van der Waals surface area contributed by atoms with E-state index in [0.29, 0.717) is 23.4 Å². The first-order valence-electron chi connectivity index (χ1n) is 12.2. The molecule has 1 unspecified atom stereocenters. The molecule has 2 amide bonds. The summed E-state index contributed by atoms with van der Waals surface area (Å²) in [4.78, 5) is 40.3. The number of hydrogen-bond acceptors (Lipinski definition) is 6. The molecule has 0 bridgehead atoms. The monoisotopic (exact) mass is 516 g/mol. The zero-order valence-electron chi connectivity index (χ0n) is 21.3. The molecule has 6 nitrogen and oxygen atoms in total. The summed E-state index contributed by atoms with van der Waals surface area (Å²) in [5.74, 6) is -0.558. The third kappa shape index (κ3) is 7.58. The minimum atomic E-state index is -0.390. The van der Waals surface area contributed by atoms with Crippen LogP contribution in [0.15, 0.2) is 29.2 Å². The van der Waals surface area contributed by atoms with Crippen LogP contribution in [0.5, 0.6) is 0 Å². The lowest BCUT2D eigenvalue weighted by Crippen LogP contribution is -2.25. The number of thiophene rings is 1. The maximum atomic E-state index is 13.3. The van der Waals surface area contributed by atoms with Gasteiger partial charge in [-0.1, -0.05) is 40.2 Å². The van der Waals surface area contributed by atoms with Gasteiger partial charge in [-0.3, -0.25) is 9.59 Å². The van der Waals surface area contributed by atoms with E-state index in [2.05, 4.69) is 10.6 Å². The van der Waals surface area contributed by atoms with E-state index in [1.807, 2.05) is 52.0 Å². The first kappa shape index (κ1) is 27.3. The molecule has 0 aliphatic heterocycles. The van der Waals surface area contributed by atoms with Gasteiger partial charge in [0.2, 0.25) is 11.8 Å². The number of thioether (sulfide) groups is 1. The zero-order chi connectivity index (χ0) is 25.6. The second-order valence-electron chi connectivity index (χ2n) is 10.1. The van der Waals surface area contributed by atoms with E-state index in [1.54, 1.807) is 0 Å². The van der Waals surface area contributed by atoms with E-state index in [4.69, 9.17) is 4.74 Å². The Kier molecular flexibility index (Phi) is 9.41. The number of ether oxygens (including phenoxy) is 1. The maximum absolute atomic E-state index is 13.3. The number of hydrogen-bond donors (Lipinski definition) is 2. The number of amides is 2. The van der Waals surface area contributed by atoms with Gasteiger partial charge in [-0.05, 0) is 61.3 Å². The molecule has 190 valence electrons. The van der Waals surface area contributed by atoms with Crippen LogP contribution in [0, 0.1) is 5.41 Å². The number of anilines is 2. The van der Waals surface area contributed by atoms with Gasteiger partial charge in [0.15, 0.2) is 0 Å². The lowest BCUT2D eigenvalue weighted by Gasteiger charge is -2.18. The summed E-state index contributed by atoms with van der Waals surface area (Å²) >= 11 is 2.96.